The number of rotatable bonds is 8. The van der Waals surface area contributed by atoms with E-state index in [1.165, 1.54) is 0 Å². The number of aromatic nitrogens is 2. The Balaban J connectivity index is 2.07. The summed E-state index contributed by atoms with van der Waals surface area (Å²) >= 11 is 0. The van der Waals surface area contributed by atoms with Gasteiger partial charge in [-0.05, 0) is 31.0 Å². The van der Waals surface area contributed by atoms with E-state index < -0.39 is 0 Å². The van der Waals surface area contributed by atoms with E-state index in [2.05, 4.69) is 27.5 Å². The molecule has 0 saturated heterocycles. The van der Waals surface area contributed by atoms with Crippen LogP contribution in [0.15, 0.2) is 24.3 Å². The molecule has 0 saturated carbocycles. The number of ether oxygens (including phenoxy) is 2. The Hall–Kier alpha value is -2.50. The summed E-state index contributed by atoms with van der Waals surface area (Å²) in [5.74, 6) is 2.88. The highest BCUT2D eigenvalue weighted by atomic mass is 16.5. The smallest absolute Gasteiger partial charge is 0.225 e. The molecule has 1 aromatic carbocycles. The third-order valence-corrected chi connectivity index (χ3v) is 3.31. The second-order valence-corrected chi connectivity index (χ2v) is 5.19. The van der Waals surface area contributed by atoms with Crippen LogP contribution in [0.4, 0.5) is 11.8 Å². The maximum atomic E-state index is 5.32. The summed E-state index contributed by atoms with van der Waals surface area (Å²) in [6, 6.07) is 7.76. The minimum atomic E-state index is 0.608. The molecule has 2 aromatic rings. The number of anilines is 2. The number of aryl methyl sites for hydroxylation is 1. The fourth-order valence-corrected chi connectivity index (χ4v) is 2.16. The normalized spacial score (nSPS) is 10.3. The molecule has 0 atom stereocenters. The molecule has 23 heavy (non-hydrogen) atoms. The van der Waals surface area contributed by atoms with Crippen molar-refractivity contribution in [2.45, 2.75) is 26.8 Å². The van der Waals surface area contributed by atoms with Gasteiger partial charge in [-0.15, -0.1) is 0 Å². The van der Waals surface area contributed by atoms with Gasteiger partial charge in [0, 0.05) is 24.8 Å². The van der Waals surface area contributed by atoms with Crippen molar-refractivity contribution in [3.8, 4) is 11.5 Å². The van der Waals surface area contributed by atoms with Crippen LogP contribution in [-0.4, -0.2) is 30.7 Å². The van der Waals surface area contributed by atoms with Gasteiger partial charge in [-0.3, -0.25) is 0 Å². The van der Waals surface area contributed by atoms with Crippen LogP contribution in [0, 0.1) is 6.92 Å². The van der Waals surface area contributed by atoms with Gasteiger partial charge < -0.3 is 20.1 Å². The van der Waals surface area contributed by atoms with Crippen LogP contribution in [0.25, 0.3) is 0 Å². The summed E-state index contributed by atoms with van der Waals surface area (Å²) in [6.45, 7) is 5.58. The molecular weight excluding hydrogens is 292 g/mol. The highest BCUT2D eigenvalue weighted by molar-refractivity contribution is 5.45. The van der Waals surface area contributed by atoms with Crippen LogP contribution in [-0.2, 0) is 6.54 Å². The van der Waals surface area contributed by atoms with Crippen molar-refractivity contribution in [2.24, 2.45) is 0 Å². The fourth-order valence-electron chi connectivity index (χ4n) is 2.16. The summed E-state index contributed by atoms with van der Waals surface area (Å²) in [5.41, 5.74) is 1.99. The SMILES string of the molecule is CCCNc1cc(C)nc(NCc2ccc(OC)c(OC)c2)n1. The van der Waals surface area contributed by atoms with E-state index in [9.17, 15) is 0 Å². The first kappa shape index (κ1) is 16.9. The van der Waals surface area contributed by atoms with Crippen molar-refractivity contribution in [1.82, 2.24) is 9.97 Å². The van der Waals surface area contributed by atoms with Gasteiger partial charge in [0.1, 0.15) is 5.82 Å². The molecule has 2 N–H and O–H groups in total. The lowest BCUT2D eigenvalue weighted by molar-refractivity contribution is 0.354. The van der Waals surface area contributed by atoms with Crippen molar-refractivity contribution in [3.63, 3.8) is 0 Å². The van der Waals surface area contributed by atoms with E-state index >= 15 is 0 Å². The number of nitrogens with zero attached hydrogens (tertiary/aromatic N) is 2. The molecule has 0 aliphatic rings. The first-order valence-electron chi connectivity index (χ1n) is 7.70. The molecule has 0 spiro atoms. The Bertz CT molecular complexity index is 646. The van der Waals surface area contributed by atoms with Gasteiger partial charge in [0.15, 0.2) is 11.5 Å². The molecule has 6 heteroatoms. The van der Waals surface area contributed by atoms with Gasteiger partial charge in [-0.2, -0.15) is 4.98 Å². The Morgan fingerprint density at radius 2 is 1.78 bits per heavy atom. The first-order chi connectivity index (χ1) is 11.2. The number of hydrogen-bond acceptors (Lipinski definition) is 6. The van der Waals surface area contributed by atoms with E-state index in [1.807, 2.05) is 31.2 Å². The van der Waals surface area contributed by atoms with Crippen molar-refractivity contribution < 1.29 is 9.47 Å². The molecule has 0 unspecified atom stereocenters. The maximum absolute atomic E-state index is 5.32. The predicted molar refractivity (Wildman–Crippen MR) is 92.4 cm³/mol. The number of hydrogen-bond donors (Lipinski definition) is 2. The number of nitrogens with one attached hydrogen (secondary N) is 2. The third kappa shape index (κ3) is 4.74. The molecule has 0 fully saturated rings. The van der Waals surface area contributed by atoms with E-state index in [0.29, 0.717) is 24.0 Å². The largest absolute Gasteiger partial charge is 0.493 e. The summed E-state index contributed by atoms with van der Waals surface area (Å²) in [4.78, 5) is 8.89. The molecule has 0 radical (unpaired) electrons. The lowest BCUT2D eigenvalue weighted by atomic mass is 10.2. The zero-order chi connectivity index (χ0) is 16.7. The summed E-state index contributed by atoms with van der Waals surface area (Å²) in [5, 5.41) is 6.53. The molecule has 0 aliphatic carbocycles. The van der Waals surface area contributed by atoms with Crippen LogP contribution in [0.5, 0.6) is 11.5 Å². The quantitative estimate of drug-likeness (QED) is 0.779. The van der Waals surface area contributed by atoms with E-state index in [1.54, 1.807) is 14.2 Å². The third-order valence-electron chi connectivity index (χ3n) is 3.31. The Morgan fingerprint density at radius 3 is 2.48 bits per heavy atom. The van der Waals surface area contributed by atoms with E-state index in [4.69, 9.17) is 9.47 Å². The summed E-state index contributed by atoms with van der Waals surface area (Å²) < 4.78 is 10.6. The standard InChI is InChI=1S/C17H24N4O2/c1-5-8-18-16-9-12(2)20-17(21-16)19-11-13-6-7-14(22-3)15(10-13)23-4/h6-7,9-10H,5,8,11H2,1-4H3,(H2,18,19,20,21). The second kappa shape index (κ2) is 8.22. The lowest BCUT2D eigenvalue weighted by Gasteiger charge is -2.11. The van der Waals surface area contributed by atoms with E-state index in [-0.39, 0.29) is 0 Å². The number of methoxy groups -OCH3 is 2. The Kier molecular flexibility index (Phi) is 6.02. The molecule has 1 heterocycles. The van der Waals surface area contributed by atoms with Crippen LogP contribution in [0.3, 0.4) is 0 Å². The van der Waals surface area contributed by atoms with Gasteiger partial charge in [0.2, 0.25) is 5.95 Å². The monoisotopic (exact) mass is 316 g/mol. The first-order valence-corrected chi connectivity index (χ1v) is 7.70. The fraction of sp³-hybridized carbons (Fsp3) is 0.412. The lowest BCUT2D eigenvalue weighted by Crippen LogP contribution is -2.08. The number of benzene rings is 1. The van der Waals surface area contributed by atoms with Crippen LogP contribution in [0.2, 0.25) is 0 Å². The minimum Gasteiger partial charge on any atom is -0.493 e. The Morgan fingerprint density at radius 1 is 1.00 bits per heavy atom. The molecule has 0 aliphatic heterocycles. The predicted octanol–water partition coefficient (Wildman–Crippen LogP) is 3.24. The van der Waals surface area contributed by atoms with Gasteiger partial charge in [-0.25, -0.2) is 4.98 Å². The molecule has 6 nitrogen and oxygen atoms in total. The zero-order valence-electron chi connectivity index (χ0n) is 14.1. The highest BCUT2D eigenvalue weighted by Gasteiger charge is 2.06. The zero-order valence-corrected chi connectivity index (χ0v) is 14.1. The molecule has 0 amide bonds. The topological polar surface area (TPSA) is 68.3 Å². The van der Waals surface area contributed by atoms with Crippen LogP contribution < -0.4 is 20.1 Å². The molecule has 2 rings (SSSR count). The molecule has 1 aromatic heterocycles. The summed E-state index contributed by atoms with van der Waals surface area (Å²) in [7, 11) is 3.26. The molecule has 124 valence electrons. The minimum absolute atomic E-state index is 0.608. The average Bonchev–Trinajstić information content (AvgIpc) is 2.57. The van der Waals surface area contributed by atoms with Crippen molar-refractivity contribution >= 4 is 11.8 Å². The van der Waals surface area contributed by atoms with Crippen molar-refractivity contribution in [3.05, 3.63) is 35.5 Å². The van der Waals surface area contributed by atoms with E-state index in [0.717, 1.165) is 30.0 Å². The van der Waals surface area contributed by atoms with Crippen LogP contribution >= 0.6 is 0 Å². The van der Waals surface area contributed by atoms with Gasteiger partial charge in [-0.1, -0.05) is 13.0 Å². The van der Waals surface area contributed by atoms with Gasteiger partial charge >= 0.3 is 0 Å². The maximum Gasteiger partial charge on any atom is 0.225 e. The summed E-state index contributed by atoms with van der Waals surface area (Å²) in [6.07, 6.45) is 1.05. The second-order valence-electron chi connectivity index (χ2n) is 5.19. The highest BCUT2D eigenvalue weighted by Crippen LogP contribution is 2.27. The average molecular weight is 316 g/mol. The van der Waals surface area contributed by atoms with Crippen molar-refractivity contribution in [2.75, 3.05) is 31.4 Å². The molecule has 0 bridgehead atoms. The van der Waals surface area contributed by atoms with Crippen LogP contribution in [0.1, 0.15) is 24.6 Å². The van der Waals surface area contributed by atoms with Gasteiger partial charge in [0.25, 0.3) is 0 Å². The Labute approximate surface area is 137 Å². The van der Waals surface area contributed by atoms with Crippen molar-refractivity contribution in [1.29, 1.82) is 0 Å². The molecular formula is C17H24N4O2. The van der Waals surface area contributed by atoms with Gasteiger partial charge in [0.05, 0.1) is 14.2 Å².